The summed E-state index contributed by atoms with van der Waals surface area (Å²) in [6, 6.07) is 5.81. The number of carboxylic acids is 1. The molecule has 2 rings (SSSR count). The molecule has 1 aromatic carbocycles. The van der Waals surface area contributed by atoms with Crippen LogP contribution >= 0.6 is 23.2 Å². The minimum Gasteiger partial charge on any atom is -0.481 e. The topological polar surface area (TPSA) is 50.2 Å². The van der Waals surface area contributed by atoms with Gasteiger partial charge in [-0.2, -0.15) is 0 Å². The first kappa shape index (κ1) is 18.2. The highest BCUT2D eigenvalue weighted by Crippen LogP contribution is 2.27. The molecule has 1 aromatic heterocycles. The molecule has 0 radical (unpaired) electrons. The maximum absolute atomic E-state index is 11.2. The maximum Gasteiger partial charge on any atom is 0.307 e. The highest BCUT2D eigenvalue weighted by atomic mass is 35.5. The first-order valence-electron chi connectivity index (χ1n) is 7.34. The molecule has 2 aromatic rings. The Morgan fingerprint density at radius 2 is 2.08 bits per heavy atom. The van der Waals surface area contributed by atoms with E-state index in [4.69, 9.17) is 23.2 Å². The van der Waals surface area contributed by atoms with Gasteiger partial charge in [-0.1, -0.05) is 41.4 Å². The fourth-order valence-corrected chi connectivity index (χ4v) is 2.85. The van der Waals surface area contributed by atoms with E-state index in [0.29, 0.717) is 5.03 Å². The van der Waals surface area contributed by atoms with Crippen molar-refractivity contribution in [3.05, 3.63) is 69.4 Å². The average molecular weight is 362 g/mol. The van der Waals surface area contributed by atoms with Gasteiger partial charge in [0.15, 0.2) is 0 Å². The molecular weight excluding hydrogens is 345 g/mol. The fourth-order valence-electron chi connectivity index (χ4n) is 2.51. The van der Waals surface area contributed by atoms with E-state index in [1.54, 1.807) is 18.2 Å². The molecule has 0 amide bonds. The van der Waals surface area contributed by atoms with Crippen molar-refractivity contribution in [2.45, 2.75) is 20.3 Å². The SMILES string of the molecule is Cc1ccc2c(/C=C/C=C(Cl)\C=C\Cl)c(CC(=O)O)c(C)cc2n1. The second-order valence-corrected chi connectivity index (χ2v) is 6.07. The van der Waals surface area contributed by atoms with Crippen LogP contribution in [0, 0.1) is 13.8 Å². The summed E-state index contributed by atoms with van der Waals surface area (Å²) in [4.78, 5) is 15.8. The van der Waals surface area contributed by atoms with Crippen LogP contribution in [0.2, 0.25) is 0 Å². The third-order valence-corrected chi connectivity index (χ3v) is 3.95. The van der Waals surface area contributed by atoms with Gasteiger partial charge in [0.1, 0.15) is 0 Å². The molecule has 24 heavy (non-hydrogen) atoms. The number of hydrogen-bond donors (Lipinski definition) is 1. The lowest BCUT2D eigenvalue weighted by atomic mass is 9.94. The van der Waals surface area contributed by atoms with Crippen molar-refractivity contribution >= 4 is 46.2 Å². The van der Waals surface area contributed by atoms with Gasteiger partial charge in [0, 0.05) is 21.6 Å². The van der Waals surface area contributed by atoms with Gasteiger partial charge in [-0.15, -0.1) is 0 Å². The van der Waals surface area contributed by atoms with Crippen LogP contribution in [0.4, 0.5) is 0 Å². The molecule has 0 unspecified atom stereocenters. The highest BCUT2D eigenvalue weighted by Gasteiger charge is 2.13. The number of benzene rings is 1. The molecule has 1 heterocycles. The van der Waals surface area contributed by atoms with Crippen molar-refractivity contribution in [3.8, 4) is 0 Å². The quantitative estimate of drug-likeness (QED) is 0.728. The Bertz CT molecular complexity index is 867. The summed E-state index contributed by atoms with van der Waals surface area (Å²) >= 11 is 11.5. The van der Waals surface area contributed by atoms with E-state index in [-0.39, 0.29) is 6.42 Å². The summed E-state index contributed by atoms with van der Waals surface area (Å²) in [5.74, 6) is -0.870. The normalized spacial score (nSPS) is 12.6. The van der Waals surface area contributed by atoms with Crippen LogP contribution in [0.3, 0.4) is 0 Å². The third-order valence-electron chi connectivity index (χ3n) is 3.58. The van der Waals surface area contributed by atoms with Crippen LogP contribution in [0.1, 0.15) is 22.4 Å². The van der Waals surface area contributed by atoms with E-state index in [1.807, 2.05) is 38.1 Å². The Morgan fingerprint density at radius 3 is 2.75 bits per heavy atom. The summed E-state index contributed by atoms with van der Waals surface area (Å²) in [7, 11) is 0. The molecule has 1 N–H and O–H groups in total. The van der Waals surface area contributed by atoms with Gasteiger partial charge in [0.25, 0.3) is 0 Å². The van der Waals surface area contributed by atoms with Crippen LogP contribution < -0.4 is 0 Å². The van der Waals surface area contributed by atoms with Crippen LogP contribution in [0.25, 0.3) is 17.0 Å². The number of nitrogens with zero attached hydrogens (tertiary/aromatic N) is 1. The largest absolute Gasteiger partial charge is 0.481 e. The molecule has 0 saturated carbocycles. The van der Waals surface area contributed by atoms with E-state index in [2.05, 4.69) is 4.98 Å². The molecule has 5 heteroatoms. The maximum atomic E-state index is 11.2. The number of allylic oxidation sites excluding steroid dienone is 4. The predicted molar refractivity (Wildman–Crippen MR) is 101 cm³/mol. The van der Waals surface area contributed by atoms with Crippen molar-refractivity contribution < 1.29 is 9.90 Å². The van der Waals surface area contributed by atoms with E-state index in [0.717, 1.165) is 33.3 Å². The van der Waals surface area contributed by atoms with Crippen LogP contribution in [-0.2, 0) is 11.2 Å². The van der Waals surface area contributed by atoms with Gasteiger partial charge in [-0.25, -0.2) is 0 Å². The summed E-state index contributed by atoms with van der Waals surface area (Å²) in [6.45, 7) is 3.83. The standard InChI is InChI=1S/C19H17Cl2NO2/c1-12-10-18-16(7-6-13(2)22-18)15(17(12)11-19(23)24)5-3-4-14(21)8-9-20/h3-10H,11H2,1-2H3,(H,23,24)/b5-3+,9-8+,14-4+. The molecule has 0 spiro atoms. The lowest BCUT2D eigenvalue weighted by Crippen LogP contribution is -2.05. The van der Waals surface area contributed by atoms with Crippen molar-refractivity contribution in [2.24, 2.45) is 0 Å². The summed E-state index contributed by atoms with van der Waals surface area (Å²) in [6.07, 6.45) is 6.84. The van der Waals surface area contributed by atoms with Crippen molar-refractivity contribution in [2.75, 3.05) is 0 Å². The summed E-state index contributed by atoms with van der Waals surface area (Å²) < 4.78 is 0. The van der Waals surface area contributed by atoms with Crippen LogP contribution in [0.15, 0.2) is 47.0 Å². The minimum atomic E-state index is -0.870. The predicted octanol–water partition coefficient (Wildman–Crippen LogP) is 5.37. The number of halogens is 2. The molecule has 124 valence electrons. The van der Waals surface area contributed by atoms with Gasteiger partial charge in [0.05, 0.1) is 11.9 Å². The van der Waals surface area contributed by atoms with Crippen LogP contribution in [0.5, 0.6) is 0 Å². The highest BCUT2D eigenvalue weighted by molar-refractivity contribution is 6.33. The number of carbonyl (C=O) groups is 1. The molecule has 0 atom stereocenters. The van der Waals surface area contributed by atoms with Gasteiger partial charge in [-0.3, -0.25) is 9.78 Å². The molecule has 0 fully saturated rings. The third kappa shape index (κ3) is 4.47. The molecule has 0 saturated heterocycles. The number of fused-ring (bicyclic) bond motifs is 1. The zero-order valence-electron chi connectivity index (χ0n) is 13.4. The minimum absolute atomic E-state index is 0.0473. The number of pyridine rings is 1. The molecule has 0 aliphatic rings. The fraction of sp³-hybridized carbons (Fsp3) is 0.158. The van der Waals surface area contributed by atoms with Gasteiger partial charge in [-0.05, 0) is 54.8 Å². The van der Waals surface area contributed by atoms with Gasteiger partial charge < -0.3 is 5.11 Å². The van der Waals surface area contributed by atoms with Gasteiger partial charge in [0.2, 0.25) is 0 Å². The van der Waals surface area contributed by atoms with Crippen LogP contribution in [-0.4, -0.2) is 16.1 Å². The van der Waals surface area contributed by atoms with Crippen molar-refractivity contribution in [1.29, 1.82) is 0 Å². The van der Waals surface area contributed by atoms with Crippen molar-refractivity contribution in [1.82, 2.24) is 4.98 Å². The first-order chi connectivity index (χ1) is 11.4. The lowest BCUT2D eigenvalue weighted by molar-refractivity contribution is -0.136. The van der Waals surface area contributed by atoms with E-state index in [1.165, 1.54) is 5.54 Å². The molecule has 0 aliphatic heterocycles. The number of carboxylic acid groups (broad SMARTS) is 1. The molecule has 0 bridgehead atoms. The number of rotatable bonds is 5. The number of aryl methyl sites for hydroxylation is 2. The van der Waals surface area contributed by atoms with E-state index in [9.17, 15) is 9.90 Å². The molecule has 3 nitrogen and oxygen atoms in total. The number of hydrogen-bond acceptors (Lipinski definition) is 2. The van der Waals surface area contributed by atoms with Gasteiger partial charge >= 0.3 is 5.97 Å². The average Bonchev–Trinajstić information content (AvgIpc) is 2.50. The smallest absolute Gasteiger partial charge is 0.307 e. The Balaban J connectivity index is 2.64. The second kappa shape index (κ2) is 8.13. The Labute approximate surface area is 150 Å². The molecule has 0 aliphatic carbocycles. The van der Waals surface area contributed by atoms with E-state index >= 15 is 0 Å². The number of aliphatic carboxylic acids is 1. The summed E-state index contributed by atoms with van der Waals surface area (Å²) in [5, 5.41) is 10.6. The Kier molecular flexibility index (Phi) is 6.18. The lowest BCUT2D eigenvalue weighted by Gasteiger charge is -2.12. The summed E-state index contributed by atoms with van der Waals surface area (Å²) in [5.41, 5.74) is 5.61. The monoisotopic (exact) mass is 361 g/mol. The Morgan fingerprint density at radius 1 is 1.33 bits per heavy atom. The van der Waals surface area contributed by atoms with Crippen molar-refractivity contribution in [3.63, 3.8) is 0 Å². The Hall–Kier alpha value is -2.10. The number of aromatic nitrogens is 1. The second-order valence-electron chi connectivity index (χ2n) is 5.38. The zero-order chi connectivity index (χ0) is 17.7. The molecular formula is C19H17Cl2NO2. The first-order valence-corrected chi connectivity index (χ1v) is 8.16. The van der Waals surface area contributed by atoms with E-state index < -0.39 is 5.97 Å². The zero-order valence-corrected chi connectivity index (χ0v) is 14.9.